The summed E-state index contributed by atoms with van der Waals surface area (Å²) in [7, 11) is 0. The molecule has 0 saturated carbocycles. The number of carbonyl (C=O) groups is 2. The van der Waals surface area contributed by atoms with Crippen LogP contribution in [0.2, 0.25) is 0 Å². The van der Waals surface area contributed by atoms with Gasteiger partial charge in [-0.3, -0.25) is 9.59 Å². The first-order valence-corrected chi connectivity index (χ1v) is 8.51. The summed E-state index contributed by atoms with van der Waals surface area (Å²) in [5, 5.41) is 5.74. The smallest absolute Gasteiger partial charge is 0.251 e. The monoisotopic (exact) mass is 338 g/mol. The molecule has 2 N–H and O–H groups in total. The lowest BCUT2D eigenvalue weighted by Gasteiger charge is -2.23. The summed E-state index contributed by atoms with van der Waals surface area (Å²) in [6, 6.07) is 15.2. The van der Waals surface area contributed by atoms with Gasteiger partial charge in [0.25, 0.3) is 5.91 Å². The Morgan fingerprint density at radius 2 is 1.72 bits per heavy atom. The molecule has 25 heavy (non-hydrogen) atoms. The third-order valence-corrected chi connectivity index (χ3v) is 3.93. The van der Waals surface area contributed by atoms with E-state index in [-0.39, 0.29) is 23.7 Å². The molecule has 0 aromatic heterocycles. The second kappa shape index (κ2) is 7.97. The van der Waals surface area contributed by atoms with Crippen molar-refractivity contribution in [1.29, 1.82) is 0 Å². The van der Waals surface area contributed by atoms with Crippen LogP contribution in [0.4, 0.5) is 5.69 Å². The third-order valence-electron chi connectivity index (χ3n) is 3.93. The lowest BCUT2D eigenvalue weighted by Crippen LogP contribution is -2.28. The van der Waals surface area contributed by atoms with E-state index in [4.69, 9.17) is 0 Å². The number of nitrogens with one attached hydrogen (secondary N) is 2. The van der Waals surface area contributed by atoms with E-state index in [1.807, 2.05) is 49.4 Å². The van der Waals surface area contributed by atoms with Crippen molar-refractivity contribution in [1.82, 2.24) is 5.32 Å². The van der Waals surface area contributed by atoms with Gasteiger partial charge in [0.15, 0.2) is 0 Å². The van der Waals surface area contributed by atoms with E-state index in [2.05, 4.69) is 31.4 Å². The van der Waals surface area contributed by atoms with E-state index >= 15 is 0 Å². The minimum absolute atomic E-state index is 0.0523. The van der Waals surface area contributed by atoms with Crippen molar-refractivity contribution in [3.8, 4) is 0 Å². The molecule has 0 heterocycles. The Morgan fingerprint density at radius 1 is 1.00 bits per heavy atom. The van der Waals surface area contributed by atoms with Gasteiger partial charge >= 0.3 is 0 Å². The fourth-order valence-corrected chi connectivity index (χ4v) is 2.64. The van der Waals surface area contributed by atoms with Crippen LogP contribution in [0, 0.1) is 6.92 Å². The molecular weight excluding hydrogens is 312 g/mol. The Kier molecular flexibility index (Phi) is 5.97. The average molecular weight is 338 g/mol. The van der Waals surface area contributed by atoms with Gasteiger partial charge in [0.2, 0.25) is 5.91 Å². The van der Waals surface area contributed by atoms with Crippen molar-refractivity contribution in [3.63, 3.8) is 0 Å². The zero-order valence-corrected chi connectivity index (χ0v) is 15.3. The van der Waals surface area contributed by atoms with E-state index in [9.17, 15) is 9.59 Å². The number of para-hydroxylation sites is 1. The van der Waals surface area contributed by atoms with Crippen molar-refractivity contribution in [2.45, 2.75) is 39.5 Å². The highest BCUT2D eigenvalue weighted by Crippen LogP contribution is 2.29. The van der Waals surface area contributed by atoms with Crippen molar-refractivity contribution >= 4 is 17.5 Å². The molecule has 4 nitrogen and oxygen atoms in total. The van der Waals surface area contributed by atoms with Crippen LogP contribution in [-0.2, 0) is 10.2 Å². The molecule has 2 amide bonds. The van der Waals surface area contributed by atoms with E-state index < -0.39 is 0 Å². The van der Waals surface area contributed by atoms with Crippen molar-refractivity contribution in [3.05, 3.63) is 65.2 Å². The predicted molar refractivity (Wildman–Crippen MR) is 102 cm³/mol. The Bertz CT molecular complexity index is 760. The average Bonchev–Trinajstić information content (AvgIpc) is 2.54. The summed E-state index contributed by atoms with van der Waals surface area (Å²) >= 11 is 0. The minimum Gasteiger partial charge on any atom is -0.352 e. The second-order valence-electron chi connectivity index (χ2n) is 7.22. The van der Waals surface area contributed by atoms with Crippen LogP contribution in [0.5, 0.6) is 0 Å². The molecule has 0 spiro atoms. The number of aryl methyl sites for hydroxylation is 1. The highest BCUT2D eigenvalue weighted by atomic mass is 16.2. The maximum Gasteiger partial charge on any atom is 0.251 e. The highest BCUT2D eigenvalue weighted by Gasteiger charge is 2.18. The number of hydrogen-bond donors (Lipinski definition) is 2. The van der Waals surface area contributed by atoms with Gasteiger partial charge in [0.1, 0.15) is 0 Å². The van der Waals surface area contributed by atoms with E-state index in [0.29, 0.717) is 12.1 Å². The van der Waals surface area contributed by atoms with Gasteiger partial charge in [-0.1, -0.05) is 56.7 Å². The molecule has 0 saturated heterocycles. The first-order chi connectivity index (χ1) is 11.8. The largest absolute Gasteiger partial charge is 0.352 e. The minimum atomic E-state index is -0.161. The molecule has 0 fully saturated rings. The quantitative estimate of drug-likeness (QED) is 0.864. The fourth-order valence-electron chi connectivity index (χ4n) is 2.64. The third kappa shape index (κ3) is 5.45. The summed E-state index contributed by atoms with van der Waals surface area (Å²) in [6.07, 6.45) is 0.232. The number of hydrogen-bond acceptors (Lipinski definition) is 2. The molecule has 2 aromatic rings. The van der Waals surface area contributed by atoms with E-state index in [1.54, 1.807) is 6.07 Å². The van der Waals surface area contributed by atoms with Crippen LogP contribution in [0.25, 0.3) is 0 Å². The zero-order chi connectivity index (χ0) is 18.4. The Morgan fingerprint density at radius 3 is 2.40 bits per heavy atom. The number of anilines is 1. The van der Waals surface area contributed by atoms with Crippen LogP contribution in [-0.4, -0.2) is 18.4 Å². The van der Waals surface area contributed by atoms with Crippen LogP contribution in [0.1, 0.15) is 48.7 Å². The Balaban J connectivity index is 1.89. The molecule has 132 valence electrons. The molecule has 0 radical (unpaired) electrons. The van der Waals surface area contributed by atoms with E-state index in [1.165, 1.54) is 0 Å². The SMILES string of the molecule is Cc1cccc(C(=O)NCCC(=O)Nc2ccccc2C(C)(C)C)c1. The standard InChI is InChI=1S/C21H26N2O2/c1-15-8-7-9-16(14-15)20(25)22-13-12-19(24)23-18-11-6-5-10-17(18)21(2,3)4/h5-11,14H,12-13H2,1-4H3,(H,22,25)(H,23,24). The van der Waals surface area contributed by atoms with Crippen LogP contribution in [0.3, 0.4) is 0 Å². The first-order valence-electron chi connectivity index (χ1n) is 8.51. The molecule has 0 bridgehead atoms. The molecule has 0 atom stereocenters. The predicted octanol–water partition coefficient (Wildman–Crippen LogP) is 4.05. The molecular formula is C21H26N2O2. The summed E-state index contributed by atoms with van der Waals surface area (Å²) in [5.74, 6) is -0.271. The number of benzene rings is 2. The highest BCUT2D eigenvalue weighted by molar-refractivity contribution is 5.95. The number of carbonyl (C=O) groups excluding carboxylic acids is 2. The molecule has 0 unspecified atom stereocenters. The maximum atomic E-state index is 12.2. The van der Waals surface area contributed by atoms with Crippen LogP contribution >= 0.6 is 0 Å². The van der Waals surface area contributed by atoms with Gasteiger partial charge < -0.3 is 10.6 Å². The first kappa shape index (κ1) is 18.7. The van der Waals surface area contributed by atoms with Gasteiger partial charge in [-0.25, -0.2) is 0 Å². The van der Waals surface area contributed by atoms with Crippen molar-refractivity contribution in [2.24, 2.45) is 0 Å². The van der Waals surface area contributed by atoms with Crippen molar-refractivity contribution < 1.29 is 9.59 Å². The normalized spacial score (nSPS) is 11.0. The molecule has 4 heteroatoms. The van der Waals surface area contributed by atoms with Gasteiger partial charge in [-0.2, -0.15) is 0 Å². The summed E-state index contributed by atoms with van der Waals surface area (Å²) in [4.78, 5) is 24.3. The molecule has 0 aliphatic heterocycles. The van der Waals surface area contributed by atoms with Gasteiger partial charge in [-0.05, 0) is 36.1 Å². The summed E-state index contributed by atoms with van der Waals surface area (Å²) < 4.78 is 0. The maximum absolute atomic E-state index is 12.2. The number of amides is 2. The molecule has 2 aromatic carbocycles. The zero-order valence-electron chi connectivity index (χ0n) is 15.3. The lowest BCUT2D eigenvalue weighted by atomic mass is 9.86. The topological polar surface area (TPSA) is 58.2 Å². The molecule has 0 aliphatic rings. The molecule has 0 aliphatic carbocycles. The second-order valence-corrected chi connectivity index (χ2v) is 7.22. The van der Waals surface area contributed by atoms with E-state index in [0.717, 1.165) is 16.8 Å². The van der Waals surface area contributed by atoms with Crippen molar-refractivity contribution in [2.75, 3.05) is 11.9 Å². The van der Waals surface area contributed by atoms with Gasteiger partial charge in [-0.15, -0.1) is 0 Å². The number of rotatable bonds is 5. The summed E-state index contributed by atoms with van der Waals surface area (Å²) in [6.45, 7) is 8.58. The fraction of sp³-hybridized carbons (Fsp3) is 0.333. The van der Waals surface area contributed by atoms with Gasteiger partial charge in [0, 0.05) is 24.2 Å². The Labute approximate surface area is 149 Å². The molecule has 2 rings (SSSR count). The van der Waals surface area contributed by atoms with Crippen LogP contribution < -0.4 is 10.6 Å². The van der Waals surface area contributed by atoms with Crippen LogP contribution in [0.15, 0.2) is 48.5 Å². The Hall–Kier alpha value is -2.62. The lowest BCUT2D eigenvalue weighted by molar-refractivity contribution is -0.116. The summed E-state index contributed by atoms with van der Waals surface area (Å²) in [5.41, 5.74) is 3.50. The van der Waals surface area contributed by atoms with Gasteiger partial charge in [0.05, 0.1) is 0 Å².